The first kappa shape index (κ1) is 26.6. The van der Waals surface area contributed by atoms with Crippen LogP contribution in [0.5, 0.6) is 11.5 Å². The van der Waals surface area contributed by atoms with Gasteiger partial charge in [0.2, 0.25) is 0 Å². The molecular weight excluding hydrogens is 475 g/mol. The molecule has 0 fully saturated rings. The van der Waals surface area contributed by atoms with Gasteiger partial charge in [-0.25, -0.2) is 0 Å². The SMILES string of the molecule is COCCCOc1ccc(C(C)(C)c2cc(Cl)c(OCC(CCl)OC(C)=O)c(Cl)c2)cc1. The average molecular weight is 504 g/mol. The number of hydrogen-bond donors (Lipinski definition) is 0. The third kappa shape index (κ3) is 7.45. The molecule has 5 nitrogen and oxygen atoms in total. The van der Waals surface area contributed by atoms with Crippen LogP contribution in [0.25, 0.3) is 0 Å². The van der Waals surface area contributed by atoms with Crippen molar-refractivity contribution >= 4 is 40.8 Å². The van der Waals surface area contributed by atoms with Crippen LogP contribution in [-0.4, -0.2) is 44.9 Å². The number of carbonyl (C=O) groups is 1. The zero-order valence-corrected chi connectivity index (χ0v) is 21.0. The zero-order valence-electron chi connectivity index (χ0n) is 18.8. The molecule has 32 heavy (non-hydrogen) atoms. The fourth-order valence-corrected chi connectivity index (χ4v) is 3.86. The molecule has 0 spiro atoms. The molecule has 0 N–H and O–H groups in total. The van der Waals surface area contributed by atoms with Crippen molar-refractivity contribution in [1.29, 1.82) is 0 Å². The molecule has 0 aliphatic heterocycles. The lowest BCUT2D eigenvalue weighted by Crippen LogP contribution is -2.26. The van der Waals surface area contributed by atoms with Crippen molar-refractivity contribution in [2.75, 3.05) is 32.8 Å². The molecule has 0 saturated heterocycles. The van der Waals surface area contributed by atoms with Crippen molar-refractivity contribution < 1.29 is 23.7 Å². The third-order valence-electron chi connectivity index (χ3n) is 4.98. The van der Waals surface area contributed by atoms with Gasteiger partial charge in [-0.05, 0) is 35.4 Å². The van der Waals surface area contributed by atoms with E-state index in [1.807, 2.05) is 36.4 Å². The highest BCUT2D eigenvalue weighted by Crippen LogP contribution is 2.40. The van der Waals surface area contributed by atoms with Crippen LogP contribution in [0.15, 0.2) is 36.4 Å². The fraction of sp³-hybridized carbons (Fsp3) is 0.458. The van der Waals surface area contributed by atoms with E-state index in [2.05, 4.69) is 13.8 Å². The number of ether oxygens (including phenoxy) is 4. The number of halogens is 3. The molecule has 176 valence electrons. The van der Waals surface area contributed by atoms with Crippen molar-refractivity contribution in [3.8, 4) is 11.5 Å². The Bertz CT molecular complexity index is 861. The standard InChI is InChI=1S/C24H29Cl3O5/c1-16(28)32-20(14-25)15-31-23-21(26)12-18(13-22(23)27)24(2,3)17-6-8-19(9-7-17)30-11-5-10-29-4/h6-9,12-13,20H,5,10-11,14-15H2,1-4H3. The lowest BCUT2D eigenvalue weighted by Gasteiger charge is -2.27. The second-order valence-corrected chi connectivity index (χ2v) is 8.93. The first-order valence-electron chi connectivity index (χ1n) is 10.3. The van der Waals surface area contributed by atoms with Gasteiger partial charge in [0.25, 0.3) is 0 Å². The van der Waals surface area contributed by atoms with Crippen LogP contribution in [-0.2, 0) is 19.7 Å². The highest BCUT2D eigenvalue weighted by Gasteiger charge is 2.26. The Morgan fingerprint density at radius 2 is 1.62 bits per heavy atom. The maximum atomic E-state index is 11.1. The molecule has 0 bridgehead atoms. The zero-order chi connectivity index (χ0) is 23.7. The smallest absolute Gasteiger partial charge is 0.303 e. The number of benzene rings is 2. The van der Waals surface area contributed by atoms with E-state index in [-0.39, 0.29) is 17.9 Å². The van der Waals surface area contributed by atoms with Crippen molar-refractivity contribution in [1.82, 2.24) is 0 Å². The first-order valence-corrected chi connectivity index (χ1v) is 11.6. The van der Waals surface area contributed by atoms with E-state index in [1.54, 1.807) is 7.11 Å². The largest absolute Gasteiger partial charge is 0.494 e. The minimum atomic E-state index is -0.590. The molecule has 0 aromatic heterocycles. The summed E-state index contributed by atoms with van der Waals surface area (Å²) in [6.07, 6.45) is 0.245. The second kappa shape index (κ2) is 12.5. The number of rotatable bonds is 12. The summed E-state index contributed by atoms with van der Waals surface area (Å²) in [5.41, 5.74) is 1.65. The molecule has 8 heteroatoms. The summed E-state index contributed by atoms with van der Waals surface area (Å²) >= 11 is 18.8. The molecule has 0 aliphatic carbocycles. The Balaban J connectivity index is 2.14. The molecule has 2 rings (SSSR count). The summed E-state index contributed by atoms with van der Waals surface area (Å²) in [5, 5.41) is 0.740. The molecule has 0 heterocycles. The second-order valence-electron chi connectivity index (χ2n) is 7.81. The van der Waals surface area contributed by atoms with Gasteiger partial charge in [-0.3, -0.25) is 4.79 Å². The number of carbonyl (C=O) groups excluding carboxylic acids is 1. The van der Waals surface area contributed by atoms with E-state index in [9.17, 15) is 4.79 Å². The van der Waals surface area contributed by atoms with Crippen LogP contribution in [0.3, 0.4) is 0 Å². The highest BCUT2D eigenvalue weighted by molar-refractivity contribution is 6.37. The molecule has 2 aromatic carbocycles. The molecule has 0 amide bonds. The Morgan fingerprint density at radius 1 is 1.00 bits per heavy atom. The summed E-state index contributed by atoms with van der Waals surface area (Å²) in [6, 6.07) is 11.6. The normalized spacial score (nSPS) is 12.3. The lowest BCUT2D eigenvalue weighted by atomic mass is 9.78. The van der Waals surface area contributed by atoms with Gasteiger partial charge in [-0.15, -0.1) is 11.6 Å². The molecular formula is C24H29Cl3O5. The predicted molar refractivity (Wildman–Crippen MR) is 129 cm³/mol. The summed E-state index contributed by atoms with van der Waals surface area (Å²) in [7, 11) is 1.67. The molecule has 0 radical (unpaired) electrons. The Hall–Kier alpha value is -1.66. The van der Waals surface area contributed by atoms with Crippen molar-refractivity contribution in [2.45, 2.75) is 38.7 Å². The third-order valence-corrected chi connectivity index (χ3v) is 5.88. The Kier molecular flexibility index (Phi) is 10.4. The van der Waals surface area contributed by atoms with Gasteiger partial charge in [-0.1, -0.05) is 49.2 Å². The monoisotopic (exact) mass is 502 g/mol. The number of hydrogen-bond acceptors (Lipinski definition) is 5. The van der Waals surface area contributed by atoms with Gasteiger partial charge in [0, 0.05) is 32.5 Å². The highest BCUT2D eigenvalue weighted by atomic mass is 35.5. The topological polar surface area (TPSA) is 54.0 Å². The van der Waals surface area contributed by atoms with Gasteiger partial charge in [0.15, 0.2) is 5.75 Å². The number of methoxy groups -OCH3 is 1. The predicted octanol–water partition coefficient (Wildman–Crippen LogP) is 6.28. The number of esters is 1. The van der Waals surface area contributed by atoms with Crippen molar-refractivity contribution in [3.05, 3.63) is 57.6 Å². The lowest BCUT2D eigenvalue weighted by molar-refractivity contribution is -0.146. The van der Waals surface area contributed by atoms with Crippen molar-refractivity contribution in [3.63, 3.8) is 0 Å². The quantitative estimate of drug-likeness (QED) is 0.194. The van der Waals surface area contributed by atoms with Crippen LogP contribution in [0, 0.1) is 0 Å². The van der Waals surface area contributed by atoms with Gasteiger partial charge in [0.1, 0.15) is 18.5 Å². The summed E-state index contributed by atoms with van der Waals surface area (Å²) in [4.78, 5) is 11.1. The molecule has 1 unspecified atom stereocenters. The van der Waals surface area contributed by atoms with Gasteiger partial charge < -0.3 is 18.9 Å². The molecule has 2 aromatic rings. The first-order chi connectivity index (χ1) is 15.2. The van der Waals surface area contributed by atoms with Gasteiger partial charge >= 0.3 is 5.97 Å². The van der Waals surface area contributed by atoms with Crippen molar-refractivity contribution in [2.24, 2.45) is 0 Å². The average Bonchev–Trinajstić information content (AvgIpc) is 2.75. The molecule has 0 aliphatic rings. The van der Waals surface area contributed by atoms with Crippen LogP contribution in [0.2, 0.25) is 10.0 Å². The van der Waals surface area contributed by atoms with E-state index < -0.39 is 12.1 Å². The minimum absolute atomic E-state index is 0.0527. The maximum absolute atomic E-state index is 11.1. The van der Waals surface area contributed by atoms with Gasteiger partial charge in [-0.2, -0.15) is 0 Å². The summed E-state index contributed by atoms with van der Waals surface area (Å²) < 4.78 is 21.6. The van der Waals surface area contributed by atoms with Crippen LogP contribution >= 0.6 is 34.8 Å². The van der Waals surface area contributed by atoms with E-state index in [1.165, 1.54) is 6.92 Å². The van der Waals surface area contributed by atoms with E-state index in [0.717, 1.165) is 23.3 Å². The summed E-state index contributed by atoms with van der Waals surface area (Å²) in [5.74, 6) is 0.809. The Morgan fingerprint density at radius 3 is 2.16 bits per heavy atom. The van der Waals surface area contributed by atoms with Crippen LogP contribution < -0.4 is 9.47 Å². The van der Waals surface area contributed by atoms with E-state index in [0.29, 0.717) is 29.0 Å². The van der Waals surface area contributed by atoms with Crippen LogP contribution in [0.1, 0.15) is 38.3 Å². The van der Waals surface area contributed by atoms with Gasteiger partial charge in [0.05, 0.1) is 22.5 Å². The minimum Gasteiger partial charge on any atom is -0.494 e. The maximum Gasteiger partial charge on any atom is 0.303 e. The van der Waals surface area contributed by atoms with E-state index >= 15 is 0 Å². The molecule has 0 saturated carbocycles. The van der Waals surface area contributed by atoms with E-state index in [4.69, 9.17) is 53.8 Å². The molecule has 1 atom stereocenters. The fourth-order valence-electron chi connectivity index (χ4n) is 3.11. The Labute approximate surface area is 204 Å². The number of alkyl halides is 1. The summed E-state index contributed by atoms with van der Waals surface area (Å²) in [6.45, 7) is 6.82. The van der Waals surface area contributed by atoms with Crippen LogP contribution in [0.4, 0.5) is 0 Å².